The summed E-state index contributed by atoms with van der Waals surface area (Å²) in [5, 5.41) is 1.47. The van der Waals surface area contributed by atoms with Crippen LogP contribution in [-0.4, -0.2) is 55.1 Å². The fourth-order valence-corrected chi connectivity index (χ4v) is 3.85. The third-order valence-electron chi connectivity index (χ3n) is 4.86. The maximum Gasteiger partial charge on any atom is 0.226 e. The van der Waals surface area contributed by atoms with Gasteiger partial charge in [-0.2, -0.15) is 4.98 Å². The summed E-state index contributed by atoms with van der Waals surface area (Å²) in [6.07, 6.45) is 4.10. The first kappa shape index (κ1) is 19.2. The lowest BCUT2D eigenvalue weighted by Crippen LogP contribution is -2.46. The third-order valence-corrected chi connectivity index (χ3v) is 5.57. The van der Waals surface area contributed by atoms with Gasteiger partial charge in [-0.3, -0.25) is 4.90 Å². The van der Waals surface area contributed by atoms with Crippen molar-refractivity contribution in [1.29, 1.82) is 0 Å². The van der Waals surface area contributed by atoms with Gasteiger partial charge in [0.25, 0.3) is 0 Å². The molecule has 0 N–H and O–H groups in total. The highest BCUT2D eigenvalue weighted by Gasteiger charge is 2.25. The van der Waals surface area contributed by atoms with Crippen LogP contribution in [0.25, 0.3) is 0 Å². The number of piperidine rings is 1. The Morgan fingerprint density at radius 1 is 1.15 bits per heavy atom. The van der Waals surface area contributed by atoms with Gasteiger partial charge in [-0.05, 0) is 37.6 Å². The van der Waals surface area contributed by atoms with Crippen LogP contribution in [0.5, 0.6) is 0 Å². The average molecular weight is 394 g/mol. The lowest BCUT2D eigenvalue weighted by Gasteiger charge is -2.38. The molecule has 0 amide bonds. The fraction of sp³-hybridized carbons (Fsp3) is 0.474. The first-order valence-electron chi connectivity index (χ1n) is 8.84. The predicted octanol–water partition coefficient (Wildman–Crippen LogP) is 3.95. The number of hydrogen-bond donors (Lipinski definition) is 0. The van der Waals surface area contributed by atoms with E-state index in [1.165, 1.54) is 0 Å². The molecule has 1 aliphatic heterocycles. The van der Waals surface area contributed by atoms with Crippen LogP contribution in [-0.2, 0) is 6.54 Å². The largest absolute Gasteiger partial charge is 0.355 e. The van der Waals surface area contributed by atoms with Gasteiger partial charge in [-0.15, -0.1) is 0 Å². The summed E-state index contributed by atoms with van der Waals surface area (Å²) in [5.41, 5.74) is 1.01. The SMILES string of the molecule is CN(C)c1nccc(N(C)C2CCCN(Cc3c(Cl)cccc3Cl)C2)n1. The highest BCUT2D eigenvalue weighted by Crippen LogP contribution is 2.28. The van der Waals surface area contributed by atoms with Gasteiger partial charge in [0, 0.05) is 62.1 Å². The molecule has 1 saturated heterocycles. The minimum Gasteiger partial charge on any atom is -0.355 e. The van der Waals surface area contributed by atoms with E-state index < -0.39 is 0 Å². The van der Waals surface area contributed by atoms with Gasteiger partial charge >= 0.3 is 0 Å². The summed E-state index contributed by atoms with van der Waals surface area (Å²) in [5.74, 6) is 1.68. The Hall–Kier alpha value is -1.56. The van der Waals surface area contributed by atoms with Crippen LogP contribution >= 0.6 is 23.2 Å². The molecule has 7 heteroatoms. The van der Waals surface area contributed by atoms with Crippen LogP contribution in [0, 0.1) is 0 Å². The number of nitrogens with zero attached hydrogens (tertiary/aromatic N) is 5. The molecule has 1 aliphatic rings. The molecule has 26 heavy (non-hydrogen) atoms. The van der Waals surface area contributed by atoms with Gasteiger partial charge in [0.1, 0.15) is 5.82 Å². The predicted molar refractivity (Wildman–Crippen MR) is 110 cm³/mol. The van der Waals surface area contributed by atoms with E-state index in [0.717, 1.165) is 59.9 Å². The number of hydrogen-bond acceptors (Lipinski definition) is 5. The summed E-state index contributed by atoms with van der Waals surface area (Å²) >= 11 is 12.7. The van der Waals surface area contributed by atoms with Crippen molar-refractivity contribution in [3.05, 3.63) is 46.1 Å². The molecule has 0 saturated carbocycles. The topological polar surface area (TPSA) is 35.5 Å². The van der Waals surface area contributed by atoms with Gasteiger partial charge < -0.3 is 9.80 Å². The number of benzene rings is 1. The maximum atomic E-state index is 6.35. The maximum absolute atomic E-state index is 6.35. The first-order valence-corrected chi connectivity index (χ1v) is 9.59. The Bertz CT molecular complexity index is 732. The number of likely N-dealkylation sites (N-methyl/N-ethyl adjacent to an activating group) is 1. The number of halogens is 2. The molecule has 140 valence electrons. The minimum absolute atomic E-state index is 0.398. The third kappa shape index (κ3) is 4.40. The van der Waals surface area contributed by atoms with Crippen LogP contribution < -0.4 is 9.80 Å². The van der Waals surface area contributed by atoms with Gasteiger partial charge in [-0.25, -0.2) is 4.98 Å². The molecule has 2 aromatic rings. The van der Waals surface area contributed by atoms with Gasteiger partial charge in [-0.1, -0.05) is 29.3 Å². The highest BCUT2D eigenvalue weighted by atomic mass is 35.5. The standard InChI is InChI=1S/C19H25Cl2N5/c1-24(2)19-22-10-9-18(23-19)25(3)14-6-5-11-26(12-14)13-15-16(20)7-4-8-17(15)21/h4,7-10,14H,5-6,11-13H2,1-3H3. The Morgan fingerprint density at radius 3 is 2.58 bits per heavy atom. The Kier molecular flexibility index (Phi) is 6.22. The van der Waals surface area contributed by atoms with Crippen molar-refractivity contribution in [2.24, 2.45) is 0 Å². The molecule has 5 nitrogen and oxygen atoms in total. The molecule has 0 spiro atoms. The van der Waals surface area contributed by atoms with E-state index in [9.17, 15) is 0 Å². The molecule has 3 rings (SSSR count). The molecular weight excluding hydrogens is 369 g/mol. The van der Waals surface area contributed by atoms with E-state index in [1.54, 1.807) is 0 Å². The van der Waals surface area contributed by atoms with Crippen LogP contribution in [0.1, 0.15) is 18.4 Å². The lowest BCUT2D eigenvalue weighted by molar-refractivity contribution is 0.198. The van der Waals surface area contributed by atoms with Crippen molar-refractivity contribution in [2.75, 3.05) is 44.0 Å². The molecule has 1 atom stereocenters. The van der Waals surface area contributed by atoms with Gasteiger partial charge in [0.2, 0.25) is 5.95 Å². The molecule has 1 unspecified atom stereocenters. The molecule has 1 aromatic carbocycles. The Labute approximate surface area is 165 Å². The zero-order valence-electron chi connectivity index (χ0n) is 15.5. The van der Waals surface area contributed by atoms with Crippen molar-refractivity contribution in [2.45, 2.75) is 25.4 Å². The van der Waals surface area contributed by atoms with E-state index in [4.69, 9.17) is 23.2 Å². The molecule has 2 heterocycles. The molecule has 0 aliphatic carbocycles. The minimum atomic E-state index is 0.398. The molecule has 1 aromatic heterocycles. The van der Waals surface area contributed by atoms with E-state index in [2.05, 4.69) is 26.8 Å². The van der Waals surface area contributed by atoms with Crippen molar-refractivity contribution in [3.63, 3.8) is 0 Å². The summed E-state index contributed by atoms with van der Waals surface area (Å²) in [6, 6.07) is 8.06. The van der Waals surface area contributed by atoms with Crippen LogP contribution in [0.2, 0.25) is 10.0 Å². The van der Waals surface area contributed by atoms with Crippen LogP contribution in [0.3, 0.4) is 0 Å². The Balaban J connectivity index is 1.71. The molecule has 0 radical (unpaired) electrons. The number of aromatic nitrogens is 2. The fourth-order valence-electron chi connectivity index (χ4n) is 3.34. The molecule has 0 bridgehead atoms. The van der Waals surface area contributed by atoms with E-state index in [-0.39, 0.29) is 0 Å². The first-order chi connectivity index (χ1) is 12.5. The van der Waals surface area contributed by atoms with Crippen molar-refractivity contribution < 1.29 is 0 Å². The normalized spacial score (nSPS) is 18.0. The summed E-state index contributed by atoms with van der Waals surface area (Å²) < 4.78 is 0. The quantitative estimate of drug-likeness (QED) is 0.768. The van der Waals surface area contributed by atoms with Crippen LogP contribution in [0.15, 0.2) is 30.5 Å². The van der Waals surface area contributed by atoms with Crippen LogP contribution in [0.4, 0.5) is 11.8 Å². The smallest absolute Gasteiger partial charge is 0.226 e. The van der Waals surface area contributed by atoms with Crippen molar-refractivity contribution >= 4 is 35.0 Å². The summed E-state index contributed by atoms with van der Waals surface area (Å²) in [4.78, 5) is 15.6. The second-order valence-electron chi connectivity index (χ2n) is 6.95. The van der Waals surface area contributed by atoms with E-state index >= 15 is 0 Å². The molecular formula is C19H25Cl2N5. The van der Waals surface area contributed by atoms with Gasteiger partial charge in [0.05, 0.1) is 0 Å². The summed E-state index contributed by atoms with van der Waals surface area (Å²) in [6.45, 7) is 2.79. The number of anilines is 2. The van der Waals surface area contributed by atoms with Crippen molar-refractivity contribution in [3.8, 4) is 0 Å². The number of likely N-dealkylation sites (tertiary alicyclic amines) is 1. The van der Waals surface area contributed by atoms with Crippen molar-refractivity contribution in [1.82, 2.24) is 14.9 Å². The zero-order valence-corrected chi connectivity index (χ0v) is 17.0. The molecule has 1 fully saturated rings. The highest BCUT2D eigenvalue weighted by molar-refractivity contribution is 6.35. The second-order valence-corrected chi connectivity index (χ2v) is 7.77. The second kappa shape index (κ2) is 8.42. The average Bonchev–Trinajstić information content (AvgIpc) is 2.64. The summed E-state index contributed by atoms with van der Waals surface area (Å²) in [7, 11) is 6.02. The van der Waals surface area contributed by atoms with E-state index in [0.29, 0.717) is 6.04 Å². The van der Waals surface area contributed by atoms with E-state index in [1.807, 2.05) is 49.5 Å². The number of rotatable bonds is 5. The monoisotopic (exact) mass is 393 g/mol. The lowest BCUT2D eigenvalue weighted by atomic mass is 10.0. The van der Waals surface area contributed by atoms with Gasteiger partial charge in [0.15, 0.2) is 0 Å². The zero-order chi connectivity index (χ0) is 18.7. The Morgan fingerprint density at radius 2 is 1.88 bits per heavy atom.